The average Bonchev–Trinajstić information content (AvgIpc) is 2.99. The van der Waals surface area contributed by atoms with Crippen molar-refractivity contribution in [2.24, 2.45) is 7.05 Å². The summed E-state index contributed by atoms with van der Waals surface area (Å²) in [5, 5.41) is 12.1. The van der Waals surface area contributed by atoms with Crippen molar-refractivity contribution in [1.29, 1.82) is 0 Å². The van der Waals surface area contributed by atoms with Crippen molar-refractivity contribution >= 4 is 11.5 Å². The van der Waals surface area contributed by atoms with E-state index in [1.807, 2.05) is 4.90 Å². The Kier molecular flexibility index (Phi) is 2.71. The van der Waals surface area contributed by atoms with Gasteiger partial charge in [0.15, 0.2) is 5.82 Å². The summed E-state index contributed by atoms with van der Waals surface area (Å²) in [5.41, 5.74) is 0.440. The summed E-state index contributed by atoms with van der Waals surface area (Å²) in [5.74, 6) is 0.640. The zero-order valence-electron chi connectivity index (χ0n) is 10.2. The zero-order chi connectivity index (χ0) is 12.7. The van der Waals surface area contributed by atoms with Gasteiger partial charge in [0.05, 0.1) is 25.7 Å². The number of aryl methyl sites for hydroxylation is 1. The number of hydrogen-bond acceptors (Lipinski definition) is 6. The molecule has 2 atom stereocenters. The van der Waals surface area contributed by atoms with Crippen molar-refractivity contribution in [3.05, 3.63) is 16.7 Å². The predicted octanol–water partition coefficient (Wildman–Crippen LogP) is -0.533. The van der Waals surface area contributed by atoms with E-state index in [1.165, 1.54) is 10.9 Å². The van der Waals surface area contributed by atoms with Gasteiger partial charge in [0.25, 0.3) is 5.56 Å². The molecule has 98 valence electrons. The first-order chi connectivity index (χ1) is 8.70. The Hall–Kier alpha value is -1.60. The lowest BCUT2D eigenvalue weighted by Crippen LogP contribution is -2.36. The van der Waals surface area contributed by atoms with Crippen LogP contribution in [-0.2, 0) is 11.8 Å². The van der Waals surface area contributed by atoms with Crippen LogP contribution in [0.25, 0.3) is 0 Å². The van der Waals surface area contributed by atoms with Crippen molar-refractivity contribution in [3.8, 4) is 0 Å². The number of anilines is 2. The molecule has 18 heavy (non-hydrogen) atoms. The molecule has 0 bridgehead atoms. The molecular weight excluding hydrogens is 236 g/mol. The largest absolute Gasteiger partial charge is 0.394 e. The van der Waals surface area contributed by atoms with Crippen LogP contribution in [0.3, 0.4) is 0 Å². The van der Waals surface area contributed by atoms with E-state index in [1.54, 1.807) is 7.05 Å². The lowest BCUT2D eigenvalue weighted by molar-refractivity contribution is 0.0114. The number of aliphatic hydroxyl groups is 1. The molecule has 0 aromatic carbocycles. The molecular formula is C11H16N4O3. The van der Waals surface area contributed by atoms with Crippen molar-refractivity contribution in [2.45, 2.75) is 25.2 Å². The Labute approximate surface area is 104 Å². The normalized spacial score (nSPS) is 26.2. The van der Waals surface area contributed by atoms with Gasteiger partial charge < -0.3 is 24.6 Å². The van der Waals surface area contributed by atoms with Crippen LogP contribution in [0.5, 0.6) is 0 Å². The summed E-state index contributed by atoms with van der Waals surface area (Å²) in [6.07, 6.45) is 2.96. The molecule has 2 aliphatic rings. The van der Waals surface area contributed by atoms with Crippen LogP contribution in [0.1, 0.15) is 12.8 Å². The fourth-order valence-electron chi connectivity index (χ4n) is 2.43. The first kappa shape index (κ1) is 11.5. The van der Waals surface area contributed by atoms with E-state index < -0.39 is 0 Å². The number of nitrogens with one attached hydrogen (secondary N) is 1. The third-order valence-corrected chi connectivity index (χ3v) is 3.45. The fraction of sp³-hybridized carbons (Fsp3) is 0.636. The first-order valence-corrected chi connectivity index (χ1v) is 6.03. The van der Waals surface area contributed by atoms with E-state index in [0.717, 1.165) is 12.8 Å². The third kappa shape index (κ3) is 1.67. The fourth-order valence-corrected chi connectivity index (χ4v) is 2.43. The summed E-state index contributed by atoms with van der Waals surface area (Å²) >= 11 is 0. The Morgan fingerprint density at radius 1 is 1.61 bits per heavy atom. The molecule has 1 saturated heterocycles. The summed E-state index contributed by atoms with van der Waals surface area (Å²) < 4.78 is 7.15. The van der Waals surface area contributed by atoms with E-state index in [9.17, 15) is 4.79 Å². The molecule has 2 unspecified atom stereocenters. The van der Waals surface area contributed by atoms with Crippen LogP contribution >= 0.6 is 0 Å². The van der Waals surface area contributed by atoms with Gasteiger partial charge in [0, 0.05) is 7.05 Å². The van der Waals surface area contributed by atoms with E-state index in [4.69, 9.17) is 9.84 Å². The second-order valence-electron chi connectivity index (χ2n) is 4.64. The molecule has 1 aromatic rings. The second-order valence-corrected chi connectivity index (χ2v) is 4.64. The standard InChI is InChI=1S/C11H16N4O3/c1-14-5-13-10-9(11(14)17)12-6-15(10)8-3-2-7(4-16)18-8/h5,7-8,12,16H,2-4,6H2,1H3. The minimum atomic E-state index is -0.115. The quantitative estimate of drug-likeness (QED) is 0.736. The van der Waals surface area contributed by atoms with E-state index in [-0.39, 0.29) is 24.5 Å². The smallest absolute Gasteiger partial charge is 0.278 e. The molecule has 3 rings (SSSR count). The second kappa shape index (κ2) is 4.25. The van der Waals surface area contributed by atoms with Crippen LogP contribution in [0.4, 0.5) is 11.5 Å². The van der Waals surface area contributed by atoms with Crippen molar-refractivity contribution < 1.29 is 9.84 Å². The zero-order valence-corrected chi connectivity index (χ0v) is 10.2. The maximum Gasteiger partial charge on any atom is 0.278 e. The highest BCUT2D eigenvalue weighted by Gasteiger charge is 2.35. The van der Waals surface area contributed by atoms with Crippen LogP contribution in [0.15, 0.2) is 11.1 Å². The number of hydrogen-bond donors (Lipinski definition) is 2. The maximum atomic E-state index is 11.9. The number of ether oxygens (including phenoxy) is 1. The van der Waals surface area contributed by atoms with Crippen LogP contribution in [-0.4, -0.2) is 40.3 Å². The molecule has 3 heterocycles. The minimum Gasteiger partial charge on any atom is -0.394 e. The molecule has 0 radical (unpaired) electrons. The van der Waals surface area contributed by atoms with Crippen molar-refractivity contribution in [3.63, 3.8) is 0 Å². The highest BCUT2D eigenvalue weighted by Crippen LogP contribution is 2.32. The summed E-state index contributed by atoms with van der Waals surface area (Å²) in [6.45, 7) is 0.555. The SMILES string of the molecule is Cn1cnc2c(c1=O)NCN2C1CCC(CO)O1. The van der Waals surface area contributed by atoms with Gasteiger partial charge in [0.2, 0.25) is 0 Å². The molecule has 1 aromatic heterocycles. The average molecular weight is 252 g/mol. The number of aliphatic hydroxyl groups excluding tert-OH is 1. The van der Waals surface area contributed by atoms with E-state index in [2.05, 4.69) is 10.3 Å². The minimum absolute atomic E-state index is 0.0363. The lowest BCUT2D eigenvalue weighted by atomic mass is 10.2. The van der Waals surface area contributed by atoms with Gasteiger partial charge in [-0.25, -0.2) is 4.98 Å². The molecule has 0 aliphatic carbocycles. The lowest BCUT2D eigenvalue weighted by Gasteiger charge is -2.24. The van der Waals surface area contributed by atoms with E-state index >= 15 is 0 Å². The molecule has 0 amide bonds. The number of fused-ring (bicyclic) bond motifs is 1. The Balaban J connectivity index is 1.87. The monoisotopic (exact) mass is 252 g/mol. The van der Waals surface area contributed by atoms with Crippen LogP contribution < -0.4 is 15.8 Å². The van der Waals surface area contributed by atoms with Gasteiger partial charge in [-0.05, 0) is 12.8 Å². The topological polar surface area (TPSA) is 79.6 Å². The molecule has 2 aliphatic heterocycles. The van der Waals surface area contributed by atoms with Gasteiger partial charge in [-0.2, -0.15) is 0 Å². The molecule has 0 saturated carbocycles. The number of rotatable bonds is 2. The Morgan fingerprint density at radius 2 is 2.44 bits per heavy atom. The predicted molar refractivity (Wildman–Crippen MR) is 65.4 cm³/mol. The summed E-state index contributed by atoms with van der Waals surface area (Å²) in [7, 11) is 1.67. The third-order valence-electron chi connectivity index (χ3n) is 3.45. The number of aromatic nitrogens is 2. The van der Waals surface area contributed by atoms with Gasteiger partial charge in [-0.15, -0.1) is 0 Å². The molecule has 0 spiro atoms. The molecule has 7 nitrogen and oxygen atoms in total. The molecule has 1 fully saturated rings. The summed E-state index contributed by atoms with van der Waals surface area (Å²) in [6, 6.07) is 0. The summed E-state index contributed by atoms with van der Waals surface area (Å²) in [4.78, 5) is 18.1. The van der Waals surface area contributed by atoms with Crippen LogP contribution in [0.2, 0.25) is 0 Å². The Bertz CT molecular complexity index is 516. The number of nitrogens with zero attached hydrogens (tertiary/aromatic N) is 3. The first-order valence-electron chi connectivity index (χ1n) is 6.03. The van der Waals surface area contributed by atoms with Gasteiger partial charge >= 0.3 is 0 Å². The molecule has 2 N–H and O–H groups in total. The Morgan fingerprint density at radius 3 is 3.17 bits per heavy atom. The van der Waals surface area contributed by atoms with Crippen molar-refractivity contribution in [1.82, 2.24) is 9.55 Å². The van der Waals surface area contributed by atoms with Gasteiger partial charge in [-0.3, -0.25) is 4.79 Å². The van der Waals surface area contributed by atoms with E-state index in [0.29, 0.717) is 18.2 Å². The molecule has 7 heteroatoms. The highest BCUT2D eigenvalue weighted by atomic mass is 16.5. The van der Waals surface area contributed by atoms with Crippen LogP contribution in [0, 0.1) is 0 Å². The highest BCUT2D eigenvalue weighted by molar-refractivity contribution is 5.69. The van der Waals surface area contributed by atoms with Crippen molar-refractivity contribution in [2.75, 3.05) is 23.5 Å². The van der Waals surface area contributed by atoms with Gasteiger partial charge in [0.1, 0.15) is 11.9 Å². The van der Waals surface area contributed by atoms with Gasteiger partial charge in [-0.1, -0.05) is 0 Å². The maximum absolute atomic E-state index is 11.9.